The molecule has 6 nitrogen and oxygen atoms in total. The Hall–Kier alpha value is -2.59. The number of hydrogen-bond donors (Lipinski definition) is 3. The second-order valence-electron chi connectivity index (χ2n) is 5.38. The zero-order valence-electron chi connectivity index (χ0n) is 13.6. The van der Waals surface area contributed by atoms with E-state index in [0.717, 1.165) is 12.1 Å². The molecule has 0 unspecified atom stereocenters. The summed E-state index contributed by atoms with van der Waals surface area (Å²) in [6, 6.07) is 8.80. The lowest BCUT2D eigenvalue weighted by Gasteiger charge is -2.16. The summed E-state index contributed by atoms with van der Waals surface area (Å²) < 4.78 is 62.2. The molecule has 1 amide bonds. The van der Waals surface area contributed by atoms with Crippen LogP contribution in [0.5, 0.6) is 0 Å². The molecule has 2 aromatic carbocycles. The molecule has 0 heterocycles. The fraction of sp³-hybridized carbons (Fsp3) is 0.188. The number of hydrogen-bond acceptors (Lipinski definition) is 4. The number of benzene rings is 2. The van der Waals surface area contributed by atoms with Gasteiger partial charge in [-0.15, -0.1) is 0 Å². The molecule has 0 aliphatic rings. The van der Waals surface area contributed by atoms with Gasteiger partial charge in [0.2, 0.25) is 10.0 Å². The number of primary sulfonamides is 1. The van der Waals surface area contributed by atoms with Crippen molar-refractivity contribution in [1.82, 2.24) is 5.32 Å². The van der Waals surface area contributed by atoms with Gasteiger partial charge < -0.3 is 10.6 Å². The summed E-state index contributed by atoms with van der Waals surface area (Å²) in [5.41, 5.74) is -0.350. The zero-order valence-corrected chi connectivity index (χ0v) is 14.4. The van der Waals surface area contributed by atoms with Crippen LogP contribution in [0.1, 0.15) is 21.5 Å². The molecule has 0 fully saturated rings. The lowest BCUT2D eigenvalue weighted by molar-refractivity contribution is -0.137. The van der Waals surface area contributed by atoms with Crippen molar-refractivity contribution in [3.63, 3.8) is 0 Å². The first-order valence-corrected chi connectivity index (χ1v) is 8.86. The fourth-order valence-electron chi connectivity index (χ4n) is 2.20. The van der Waals surface area contributed by atoms with Crippen LogP contribution in [0.4, 0.5) is 18.9 Å². The lowest BCUT2D eigenvalue weighted by Crippen LogP contribution is -2.17. The first-order valence-electron chi connectivity index (χ1n) is 7.31. The number of sulfonamides is 1. The minimum absolute atomic E-state index is 0.0474. The number of halogens is 3. The first kappa shape index (κ1) is 19.7. The summed E-state index contributed by atoms with van der Waals surface area (Å²) in [6.45, 7) is 0.0474. The van der Waals surface area contributed by atoms with E-state index in [9.17, 15) is 26.4 Å². The van der Waals surface area contributed by atoms with E-state index >= 15 is 0 Å². The second kappa shape index (κ2) is 7.34. The van der Waals surface area contributed by atoms with Crippen molar-refractivity contribution >= 4 is 21.6 Å². The van der Waals surface area contributed by atoms with Gasteiger partial charge in [0.25, 0.3) is 5.91 Å². The number of alkyl halides is 3. The predicted octanol–water partition coefficient (Wildman–Crippen LogP) is 2.32. The molecular formula is C16H16F3N3O3S. The van der Waals surface area contributed by atoms with Crippen LogP contribution in [0.15, 0.2) is 47.4 Å². The Bertz CT molecular complexity index is 911. The second-order valence-corrected chi connectivity index (χ2v) is 6.94. The van der Waals surface area contributed by atoms with Gasteiger partial charge in [-0.25, -0.2) is 13.6 Å². The molecule has 2 rings (SSSR count). The monoisotopic (exact) mass is 387 g/mol. The summed E-state index contributed by atoms with van der Waals surface area (Å²) in [6.07, 6.45) is -4.76. The normalized spacial score (nSPS) is 11.9. The van der Waals surface area contributed by atoms with E-state index in [1.165, 1.54) is 7.05 Å². The van der Waals surface area contributed by atoms with Crippen LogP contribution in [-0.2, 0) is 22.7 Å². The molecule has 2 aromatic rings. The van der Waals surface area contributed by atoms with Gasteiger partial charge in [-0.3, -0.25) is 4.79 Å². The van der Waals surface area contributed by atoms with Gasteiger partial charge in [-0.2, -0.15) is 13.2 Å². The molecule has 0 spiro atoms. The highest BCUT2D eigenvalue weighted by molar-refractivity contribution is 7.89. The van der Waals surface area contributed by atoms with Gasteiger partial charge in [-0.1, -0.05) is 12.1 Å². The van der Waals surface area contributed by atoms with Crippen molar-refractivity contribution in [3.8, 4) is 0 Å². The van der Waals surface area contributed by atoms with E-state index in [-0.39, 0.29) is 18.1 Å². The first-order chi connectivity index (χ1) is 12.0. The molecule has 0 saturated carbocycles. The van der Waals surface area contributed by atoms with E-state index in [1.807, 2.05) is 0 Å². The van der Waals surface area contributed by atoms with Gasteiger partial charge in [0, 0.05) is 24.8 Å². The van der Waals surface area contributed by atoms with Crippen molar-refractivity contribution in [2.45, 2.75) is 17.6 Å². The summed E-state index contributed by atoms with van der Waals surface area (Å²) in [5, 5.41) is 9.97. The van der Waals surface area contributed by atoms with Crippen molar-refractivity contribution < 1.29 is 26.4 Å². The number of amides is 1. The Kier molecular flexibility index (Phi) is 5.57. The Labute approximate surface area is 148 Å². The van der Waals surface area contributed by atoms with E-state index < -0.39 is 26.7 Å². The van der Waals surface area contributed by atoms with Crippen molar-refractivity contribution in [2.24, 2.45) is 5.14 Å². The van der Waals surface area contributed by atoms with Crippen LogP contribution >= 0.6 is 0 Å². The Morgan fingerprint density at radius 1 is 1.12 bits per heavy atom. The van der Waals surface area contributed by atoms with Crippen molar-refractivity contribution in [3.05, 3.63) is 59.2 Å². The average Bonchev–Trinajstić information content (AvgIpc) is 2.58. The quantitative estimate of drug-likeness (QED) is 0.733. The minimum atomic E-state index is -4.76. The molecule has 140 valence electrons. The van der Waals surface area contributed by atoms with Crippen LogP contribution in [-0.4, -0.2) is 21.4 Å². The third kappa shape index (κ3) is 4.73. The SMILES string of the molecule is CNC(=O)c1ccc(CNc2ccc(S(N)(=O)=O)cc2C(F)(F)F)cc1. The summed E-state index contributed by atoms with van der Waals surface area (Å²) in [5.74, 6) is -0.276. The fourth-order valence-corrected chi connectivity index (χ4v) is 2.74. The number of carbonyl (C=O) groups is 1. The Morgan fingerprint density at radius 3 is 2.23 bits per heavy atom. The number of carbonyl (C=O) groups excluding carboxylic acids is 1. The topological polar surface area (TPSA) is 101 Å². The maximum atomic E-state index is 13.2. The van der Waals surface area contributed by atoms with E-state index in [0.29, 0.717) is 17.2 Å². The smallest absolute Gasteiger partial charge is 0.380 e. The van der Waals surface area contributed by atoms with Gasteiger partial charge in [0.1, 0.15) is 0 Å². The minimum Gasteiger partial charge on any atom is -0.380 e. The largest absolute Gasteiger partial charge is 0.418 e. The number of nitrogens with two attached hydrogens (primary N) is 1. The number of rotatable bonds is 5. The predicted molar refractivity (Wildman–Crippen MR) is 90.0 cm³/mol. The van der Waals surface area contributed by atoms with Crippen molar-refractivity contribution in [2.75, 3.05) is 12.4 Å². The third-order valence-corrected chi connectivity index (χ3v) is 4.46. The molecule has 0 aliphatic heterocycles. The maximum Gasteiger partial charge on any atom is 0.418 e. The van der Waals surface area contributed by atoms with E-state index in [2.05, 4.69) is 10.6 Å². The molecule has 0 atom stereocenters. The summed E-state index contributed by atoms with van der Waals surface area (Å²) >= 11 is 0. The van der Waals surface area contributed by atoms with E-state index in [1.54, 1.807) is 24.3 Å². The highest BCUT2D eigenvalue weighted by atomic mass is 32.2. The Balaban J connectivity index is 2.25. The summed E-state index contributed by atoms with van der Waals surface area (Å²) in [4.78, 5) is 10.8. The molecular weight excluding hydrogens is 371 g/mol. The zero-order chi connectivity index (χ0) is 19.5. The van der Waals surface area contributed by atoms with Crippen LogP contribution < -0.4 is 15.8 Å². The lowest BCUT2D eigenvalue weighted by atomic mass is 10.1. The van der Waals surface area contributed by atoms with Crippen LogP contribution in [0.3, 0.4) is 0 Å². The van der Waals surface area contributed by atoms with E-state index in [4.69, 9.17) is 5.14 Å². The van der Waals surface area contributed by atoms with Gasteiger partial charge in [0.05, 0.1) is 10.5 Å². The highest BCUT2D eigenvalue weighted by Gasteiger charge is 2.34. The molecule has 4 N–H and O–H groups in total. The average molecular weight is 387 g/mol. The van der Waals surface area contributed by atoms with Gasteiger partial charge in [-0.05, 0) is 35.9 Å². The van der Waals surface area contributed by atoms with Gasteiger partial charge in [0.15, 0.2) is 0 Å². The molecule has 0 bridgehead atoms. The van der Waals surface area contributed by atoms with Crippen LogP contribution in [0, 0.1) is 0 Å². The standard InChI is InChI=1S/C16H16F3N3O3S/c1-21-15(23)11-4-2-10(3-5-11)9-22-14-7-6-12(26(20,24)25)8-13(14)16(17,18)19/h2-8,22H,9H2,1H3,(H,21,23)(H2,20,24,25). The summed E-state index contributed by atoms with van der Waals surface area (Å²) in [7, 11) is -2.76. The molecule has 0 saturated heterocycles. The molecule has 26 heavy (non-hydrogen) atoms. The van der Waals surface area contributed by atoms with Gasteiger partial charge >= 0.3 is 6.18 Å². The van der Waals surface area contributed by atoms with Crippen LogP contribution in [0.2, 0.25) is 0 Å². The Morgan fingerprint density at radius 2 is 1.73 bits per heavy atom. The molecule has 0 radical (unpaired) electrons. The molecule has 10 heteroatoms. The number of nitrogens with one attached hydrogen (secondary N) is 2. The maximum absolute atomic E-state index is 13.2. The molecule has 0 aliphatic carbocycles. The van der Waals surface area contributed by atoms with Crippen molar-refractivity contribution in [1.29, 1.82) is 0 Å². The third-order valence-electron chi connectivity index (χ3n) is 3.55. The number of anilines is 1. The molecule has 0 aromatic heterocycles. The van der Waals surface area contributed by atoms with Crippen LogP contribution in [0.25, 0.3) is 0 Å². The highest BCUT2D eigenvalue weighted by Crippen LogP contribution is 2.36.